The number of nitrogens with zero attached hydrogens (tertiary/aromatic N) is 1. The number of fused-ring (bicyclic) bond motifs is 1. The molecule has 1 aliphatic carbocycles. The number of nitro benzene ring substituents is 1. The van der Waals surface area contributed by atoms with E-state index >= 15 is 0 Å². The van der Waals surface area contributed by atoms with Gasteiger partial charge in [0.2, 0.25) is 0 Å². The average Bonchev–Trinajstić information content (AvgIpc) is 2.17. The zero-order chi connectivity index (χ0) is 10.1. The molecule has 0 aromatic heterocycles. The predicted octanol–water partition coefficient (Wildman–Crippen LogP) is 2.18. The van der Waals surface area contributed by atoms with Crippen molar-refractivity contribution in [1.29, 1.82) is 0 Å². The molecular weight excluding hydrogens is 182 g/mol. The first-order valence-electron chi connectivity index (χ1n) is 4.68. The molecule has 1 aromatic carbocycles. The first-order chi connectivity index (χ1) is 6.70. The van der Waals surface area contributed by atoms with E-state index in [0.717, 1.165) is 30.4 Å². The predicted molar refractivity (Wildman–Crippen MR) is 51.4 cm³/mol. The number of aromatic hydroxyl groups is 1. The molecule has 14 heavy (non-hydrogen) atoms. The van der Waals surface area contributed by atoms with Crippen LogP contribution in [0.15, 0.2) is 12.1 Å². The molecule has 0 aliphatic heterocycles. The van der Waals surface area contributed by atoms with Gasteiger partial charge in [-0.2, -0.15) is 0 Å². The van der Waals surface area contributed by atoms with Crippen LogP contribution in [0, 0.1) is 10.1 Å². The summed E-state index contributed by atoms with van der Waals surface area (Å²) in [4.78, 5) is 10.3. The Labute approximate surface area is 81.3 Å². The molecule has 1 aliphatic rings. The number of phenolic OH excluding ortho intramolecular Hbond substituents is 1. The lowest BCUT2D eigenvalue weighted by atomic mass is 9.90. The van der Waals surface area contributed by atoms with Crippen molar-refractivity contribution >= 4 is 5.69 Å². The highest BCUT2D eigenvalue weighted by Gasteiger charge is 2.24. The van der Waals surface area contributed by atoms with E-state index in [2.05, 4.69) is 0 Å². The molecule has 0 saturated carbocycles. The maximum absolute atomic E-state index is 10.7. The molecule has 4 heteroatoms. The zero-order valence-corrected chi connectivity index (χ0v) is 7.69. The summed E-state index contributed by atoms with van der Waals surface area (Å²) in [5.41, 5.74) is 1.64. The van der Waals surface area contributed by atoms with Crippen LogP contribution in [0.1, 0.15) is 24.0 Å². The van der Waals surface area contributed by atoms with E-state index in [1.807, 2.05) is 0 Å². The molecule has 0 bridgehead atoms. The monoisotopic (exact) mass is 193 g/mol. The number of hydrogen-bond donors (Lipinski definition) is 1. The van der Waals surface area contributed by atoms with E-state index < -0.39 is 4.92 Å². The summed E-state index contributed by atoms with van der Waals surface area (Å²) in [6.45, 7) is 0. The highest BCUT2D eigenvalue weighted by atomic mass is 16.6. The van der Waals surface area contributed by atoms with Crippen molar-refractivity contribution in [2.75, 3.05) is 0 Å². The standard InChI is InChI=1S/C10H11NO3/c12-9-6-5-7-3-1-2-4-8(7)10(9)11(13)14/h5-6,12H,1-4H2. The van der Waals surface area contributed by atoms with Crippen molar-refractivity contribution in [1.82, 2.24) is 0 Å². The number of aryl methyl sites for hydroxylation is 1. The van der Waals surface area contributed by atoms with Gasteiger partial charge in [0.1, 0.15) is 0 Å². The van der Waals surface area contributed by atoms with E-state index in [9.17, 15) is 15.2 Å². The van der Waals surface area contributed by atoms with Crippen LogP contribution in [0.4, 0.5) is 5.69 Å². The summed E-state index contributed by atoms with van der Waals surface area (Å²) in [6.07, 6.45) is 3.64. The van der Waals surface area contributed by atoms with Crippen molar-refractivity contribution < 1.29 is 10.0 Å². The second-order valence-electron chi connectivity index (χ2n) is 3.54. The molecule has 0 radical (unpaired) electrons. The van der Waals surface area contributed by atoms with Crippen molar-refractivity contribution in [3.8, 4) is 5.75 Å². The first-order valence-corrected chi connectivity index (χ1v) is 4.68. The number of benzene rings is 1. The smallest absolute Gasteiger partial charge is 0.314 e. The van der Waals surface area contributed by atoms with Crippen molar-refractivity contribution in [2.24, 2.45) is 0 Å². The molecule has 74 valence electrons. The molecule has 0 spiro atoms. The molecule has 0 saturated heterocycles. The van der Waals surface area contributed by atoms with Crippen LogP contribution in [0.25, 0.3) is 0 Å². The Balaban J connectivity index is 2.60. The number of phenols is 1. The molecule has 0 fully saturated rings. The minimum atomic E-state index is -0.487. The molecule has 0 atom stereocenters. The molecule has 1 N–H and O–H groups in total. The third kappa shape index (κ3) is 1.32. The molecule has 0 heterocycles. The van der Waals surface area contributed by atoms with Crippen LogP contribution in [0.5, 0.6) is 5.75 Å². The van der Waals surface area contributed by atoms with Gasteiger partial charge in [0, 0.05) is 5.56 Å². The lowest BCUT2D eigenvalue weighted by Gasteiger charge is -2.15. The van der Waals surface area contributed by atoms with Gasteiger partial charge < -0.3 is 5.11 Å². The second kappa shape index (κ2) is 3.29. The summed E-state index contributed by atoms with van der Waals surface area (Å²) < 4.78 is 0. The number of rotatable bonds is 1. The Kier molecular flexibility index (Phi) is 2.11. The average molecular weight is 193 g/mol. The van der Waals surface area contributed by atoms with Gasteiger partial charge >= 0.3 is 5.69 Å². The van der Waals surface area contributed by atoms with Crippen LogP contribution in [0.3, 0.4) is 0 Å². The quantitative estimate of drug-likeness (QED) is 0.549. The minimum absolute atomic E-state index is 0.0952. The summed E-state index contributed by atoms with van der Waals surface area (Å²) in [7, 11) is 0. The molecule has 0 unspecified atom stereocenters. The maximum atomic E-state index is 10.7. The van der Waals surface area contributed by atoms with Crippen molar-refractivity contribution in [3.05, 3.63) is 33.4 Å². The number of hydrogen-bond acceptors (Lipinski definition) is 3. The van der Waals surface area contributed by atoms with Crippen molar-refractivity contribution in [3.63, 3.8) is 0 Å². The normalized spacial score (nSPS) is 14.9. The van der Waals surface area contributed by atoms with E-state index in [0.29, 0.717) is 6.42 Å². The Hall–Kier alpha value is -1.58. The summed E-state index contributed by atoms with van der Waals surface area (Å²) >= 11 is 0. The maximum Gasteiger partial charge on any atom is 0.314 e. The van der Waals surface area contributed by atoms with Crippen LogP contribution in [-0.4, -0.2) is 10.0 Å². The van der Waals surface area contributed by atoms with Gasteiger partial charge in [-0.25, -0.2) is 0 Å². The fourth-order valence-corrected chi connectivity index (χ4v) is 2.00. The Bertz CT molecular complexity index is 387. The highest BCUT2D eigenvalue weighted by Crippen LogP contribution is 2.36. The summed E-state index contributed by atoms with van der Waals surface area (Å²) in [5, 5.41) is 20.1. The van der Waals surface area contributed by atoms with Crippen molar-refractivity contribution in [2.45, 2.75) is 25.7 Å². The van der Waals surface area contributed by atoms with Crippen LogP contribution >= 0.6 is 0 Å². The lowest BCUT2D eigenvalue weighted by molar-refractivity contribution is -0.386. The van der Waals surface area contributed by atoms with E-state index in [1.165, 1.54) is 6.07 Å². The second-order valence-corrected chi connectivity index (χ2v) is 3.54. The van der Waals surface area contributed by atoms with Crippen LogP contribution in [-0.2, 0) is 12.8 Å². The Morgan fingerprint density at radius 3 is 2.71 bits per heavy atom. The van der Waals surface area contributed by atoms with Gasteiger partial charge in [-0.3, -0.25) is 10.1 Å². The van der Waals surface area contributed by atoms with Gasteiger partial charge in [0.25, 0.3) is 0 Å². The van der Waals surface area contributed by atoms with Gasteiger partial charge in [-0.15, -0.1) is 0 Å². The van der Waals surface area contributed by atoms with Crippen LogP contribution in [0.2, 0.25) is 0 Å². The first kappa shape index (κ1) is 8.99. The number of nitro groups is 1. The molecule has 0 amide bonds. The molecule has 4 nitrogen and oxygen atoms in total. The zero-order valence-electron chi connectivity index (χ0n) is 7.69. The third-order valence-corrected chi connectivity index (χ3v) is 2.66. The molecule has 2 rings (SSSR count). The topological polar surface area (TPSA) is 63.4 Å². The summed E-state index contributed by atoms with van der Waals surface area (Å²) in [6, 6.07) is 3.21. The largest absolute Gasteiger partial charge is 0.502 e. The Morgan fingerprint density at radius 1 is 1.29 bits per heavy atom. The Morgan fingerprint density at radius 2 is 2.00 bits per heavy atom. The van der Waals surface area contributed by atoms with Crippen LogP contribution < -0.4 is 0 Å². The van der Waals surface area contributed by atoms with E-state index in [-0.39, 0.29) is 11.4 Å². The highest BCUT2D eigenvalue weighted by molar-refractivity contribution is 5.56. The molecule has 1 aromatic rings. The third-order valence-electron chi connectivity index (χ3n) is 2.66. The van der Waals surface area contributed by atoms with Gasteiger partial charge in [0.05, 0.1) is 4.92 Å². The fraction of sp³-hybridized carbons (Fsp3) is 0.400. The van der Waals surface area contributed by atoms with Gasteiger partial charge in [-0.05, 0) is 37.3 Å². The molecular formula is C10H11NO3. The summed E-state index contributed by atoms with van der Waals surface area (Å²) in [5.74, 6) is -0.212. The van der Waals surface area contributed by atoms with E-state index in [4.69, 9.17) is 0 Å². The minimum Gasteiger partial charge on any atom is -0.502 e. The van der Waals surface area contributed by atoms with Gasteiger partial charge in [0.15, 0.2) is 5.75 Å². The SMILES string of the molecule is O=[N+]([O-])c1c(O)ccc2c1CCCC2. The lowest BCUT2D eigenvalue weighted by Crippen LogP contribution is -2.06. The van der Waals surface area contributed by atoms with Gasteiger partial charge in [-0.1, -0.05) is 6.07 Å². The fourth-order valence-electron chi connectivity index (χ4n) is 2.00. The van der Waals surface area contributed by atoms with E-state index in [1.54, 1.807) is 6.07 Å².